The Bertz CT molecular complexity index is 1790. The quantitative estimate of drug-likeness (QED) is 0.138. The van der Waals surface area contributed by atoms with Crippen molar-refractivity contribution in [2.45, 2.75) is 23.9 Å². The molecule has 1 amide bonds. The van der Waals surface area contributed by atoms with Gasteiger partial charge in [-0.15, -0.1) is 21.5 Å². The molecule has 7 nitrogen and oxygen atoms in total. The van der Waals surface area contributed by atoms with E-state index in [9.17, 15) is 4.79 Å². The minimum Gasteiger partial charge on any atom is -0.333 e. The maximum absolute atomic E-state index is 13.7. The van der Waals surface area contributed by atoms with Gasteiger partial charge in [-0.2, -0.15) is 0 Å². The molecule has 0 spiro atoms. The predicted molar refractivity (Wildman–Crippen MR) is 173 cm³/mol. The van der Waals surface area contributed by atoms with Crippen LogP contribution in [0.5, 0.6) is 0 Å². The molecule has 0 saturated carbocycles. The zero-order valence-electron chi connectivity index (χ0n) is 23.1. The fourth-order valence-corrected chi connectivity index (χ4v) is 6.54. The van der Waals surface area contributed by atoms with Gasteiger partial charge in [0.2, 0.25) is 0 Å². The topological polar surface area (TPSA) is 76.8 Å². The van der Waals surface area contributed by atoms with E-state index in [0.717, 1.165) is 28.2 Å². The summed E-state index contributed by atoms with van der Waals surface area (Å²) in [6.07, 6.45) is 4.26. The van der Waals surface area contributed by atoms with E-state index >= 15 is 0 Å². The van der Waals surface area contributed by atoms with Crippen LogP contribution in [0.4, 0.5) is 0 Å². The maximum Gasteiger partial charge on any atom is 0.273 e. The monoisotopic (exact) mass is 622 g/mol. The smallest absolute Gasteiger partial charge is 0.273 e. The Labute approximate surface area is 263 Å². The minimum atomic E-state index is -0.0757. The molecule has 0 aliphatic rings. The Balaban J connectivity index is 1.20. The van der Waals surface area contributed by atoms with Crippen LogP contribution in [0, 0.1) is 0 Å². The molecule has 0 bridgehead atoms. The summed E-state index contributed by atoms with van der Waals surface area (Å²) < 4.78 is 1.97. The number of hydrogen-bond acceptors (Lipinski definition) is 7. The first kappa shape index (κ1) is 28.8. The molecule has 0 atom stereocenters. The Kier molecular flexibility index (Phi) is 9.22. The van der Waals surface area contributed by atoms with Crippen molar-refractivity contribution >= 4 is 40.6 Å². The molecule has 43 heavy (non-hydrogen) atoms. The molecule has 214 valence electrons. The molecule has 0 aliphatic heterocycles. The van der Waals surface area contributed by atoms with Crippen LogP contribution < -0.4 is 0 Å². The Morgan fingerprint density at radius 2 is 1.70 bits per heavy atom. The molecule has 0 unspecified atom stereocenters. The second-order valence-electron chi connectivity index (χ2n) is 9.73. The lowest BCUT2D eigenvalue weighted by Crippen LogP contribution is -2.32. The van der Waals surface area contributed by atoms with E-state index in [0.29, 0.717) is 40.5 Å². The van der Waals surface area contributed by atoms with Crippen molar-refractivity contribution in [2.75, 3.05) is 6.54 Å². The predicted octanol–water partition coefficient (Wildman–Crippen LogP) is 7.62. The molecule has 3 heterocycles. The van der Waals surface area contributed by atoms with Crippen molar-refractivity contribution in [3.05, 3.63) is 142 Å². The van der Waals surface area contributed by atoms with Crippen molar-refractivity contribution in [1.29, 1.82) is 0 Å². The first-order valence-corrected chi connectivity index (χ1v) is 15.9. The number of rotatable bonds is 11. The highest BCUT2D eigenvalue weighted by atomic mass is 35.5. The van der Waals surface area contributed by atoms with Crippen molar-refractivity contribution in [3.63, 3.8) is 0 Å². The Hall–Kier alpha value is -4.31. The van der Waals surface area contributed by atoms with Gasteiger partial charge in [0.1, 0.15) is 10.7 Å². The van der Waals surface area contributed by atoms with E-state index in [-0.39, 0.29) is 5.91 Å². The number of benzene rings is 3. The number of halogens is 1. The third-order valence-electron chi connectivity index (χ3n) is 6.73. The van der Waals surface area contributed by atoms with Gasteiger partial charge in [0.15, 0.2) is 11.0 Å². The van der Waals surface area contributed by atoms with Crippen LogP contribution in [0.3, 0.4) is 0 Å². The standard InChI is InChI=1S/C33H27ClN6OS2/c34-27-14-7-15-28(19-27)40-31(26-13-8-17-35-20-26)37-38-33(40)43-23-30-36-29(22-42-30)32(41)39(21-25-11-5-2-6-12-25)18-16-24-9-3-1-4-10-24/h1-15,17,19-20,22H,16,18,21,23H2. The van der Waals surface area contributed by atoms with E-state index in [1.165, 1.54) is 28.7 Å². The van der Waals surface area contributed by atoms with Gasteiger partial charge < -0.3 is 4.90 Å². The molecule has 6 rings (SSSR count). The number of amides is 1. The van der Waals surface area contributed by atoms with Gasteiger partial charge in [0, 0.05) is 41.4 Å². The molecule has 0 radical (unpaired) electrons. The number of aromatic nitrogens is 5. The normalized spacial score (nSPS) is 11.0. The number of nitrogens with zero attached hydrogens (tertiary/aromatic N) is 6. The lowest BCUT2D eigenvalue weighted by atomic mass is 10.1. The van der Waals surface area contributed by atoms with Crippen LogP contribution in [-0.4, -0.2) is 42.1 Å². The van der Waals surface area contributed by atoms with Crippen LogP contribution in [0.25, 0.3) is 17.1 Å². The van der Waals surface area contributed by atoms with Gasteiger partial charge in [-0.1, -0.05) is 90.1 Å². The lowest BCUT2D eigenvalue weighted by molar-refractivity contribution is 0.0740. The molecule has 0 saturated heterocycles. The third kappa shape index (κ3) is 7.19. The van der Waals surface area contributed by atoms with Crippen molar-refractivity contribution in [2.24, 2.45) is 0 Å². The summed E-state index contributed by atoms with van der Waals surface area (Å²) in [5.74, 6) is 1.13. The summed E-state index contributed by atoms with van der Waals surface area (Å²) in [5.41, 5.74) is 4.43. The number of pyridine rings is 1. The van der Waals surface area contributed by atoms with Crippen LogP contribution >= 0.6 is 34.7 Å². The van der Waals surface area contributed by atoms with Crippen molar-refractivity contribution in [1.82, 2.24) is 29.6 Å². The Morgan fingerprint density at radius 1 is 0.907 bits per heavy atom. The van der Waals surface area contributed by atoms with Gasteiger partial charge in [0.25, 0.3) is 5.91 Å². The average Bonchev–Trinajstić information content (AvgIpc) is 3.71. The SMILES string of the molecule is O=C(c1csc(CSc2nnc(-c3cccnc3)n2-c2cccc(Cl)c2)n1)N(CCc1ccccc1)Cc1ccccc1. The van der Waals surface area contributed by atoms with E-state index in [2.05, 4.69) is 27.3 Å². The molecule has 10 heteroatoms. The van der Waals surface area contributed by atoms with Crippen molar-refractivity contribution < 1.29 is 4.79 Å². The molecule has 0 fully saturated rings. The largest absolute Gasteiger partial charge is 0.333 e. The summed E-state index contributed by atoms with van der Waals surface area (Å²) >= 11 is 9.32. The van der Waals surface area contributed by atoms with Gasteiger partial charge >= 0.3 is 0 Å². The lowest BCUT2D eigenvalue weighted by Gasteiger charge is -2.22. The first-order valence-electron chi connectivity index (χ1n) is 13.7. The summed E-state index contributed by atoms with van der Waals surface area (Å²) in [7, 11) is 0. The summed E-state index contributed by atoms with van der Waals surface area (Å²) in [6, 6.07) is 31.7. The van der Waals surface area contributed by atoms with Crippen molar-refractivity contribution in [3.8, 4) is 17.1 Å². The second-order valence-corrected chi connectivity index (χ2v) is 12.0. The number of thioether (sulfide) groups is 1. The van der Waals surface area contributed by atoms with Crippen LogP contribution in [0.15, 0.2) is 120 Å². The number of thiazole rings is 1. The number of hydrogen-bond donors (Lipinski definition) is 0. The minimum absolute atomic E-state index is 0.0757. The van der Waals surface area contributed by atoms with E-state index in [4.69, 9.17) is 16.6 Å². The van der Waals surface area contributed by atoms with Gasteiger partial charge in [-0.3, -0.25) is 14.3 Å². The molecule has 0 N–H and O–H groups in total. The van der Waals surface area contributed by atoms with Crippen LogP contribution in [-0.2, 0) is 18.7 Å². The number of carbonyl (C=O) groups excluding carboxylic acids is 1. The van der Waals surface area contributed by atoms with Gasteiger partial charge in [-0.05, 0) is 47.9 Å². The Morgan fingerprint density at radius 3 is 2.44 bits per heavy atom. The fraction of sp³-hybridized carbons (Fsp3) is 0.121. The highest BCUT2D eigenvalue weighted by Crippen LogP contribution is 2.31. The van der Waals surface area contributed by atoms with Crippen LogP contribution in [0.2, 0.25) is 5.02 Å². The zero-order valence-corrected chi connectivity index (χ0v) is 25.5. The summed E-state index contributed by atoms with van der Waals surface area (Å²) in [6.45, 7) is 1.12. The zero-order chi connectivity index (χ0) is 29.4. The molecule has 3 aromatic heterocycles. The number of carbonyl (C=O) groups is 1. The van der Waals surface area contributed by atoms with Gasteiger partial charge in [0.05, 0.1) is 11.4 Å². The molecule has 6 aromatic rings. The van der Waals surface area contributed by atoms with E-state index in [1.807, 2.05) is 99.8 Å². The third-order valence-corrected chi connectivity index (χ3v) is 8.94. The fourth-order valence-electron chi connectivity index (χ4n) is 4.62. The highest BCUT2D eigenvalue weighted by Gasteiger charge is 2.21. The first-order chi connectivity index (χ1) is 21.1. The molecular weight excluding hydrogens is 596 g/mol. The molecule has 0 aliphatic carbocycles. The molecule has 3 aromatic carbocycles. The maximum atomic E-state index is 13.7. The average molecular weight is 623 g/mol. The summed E-state index contributed by atoms with van der Waals surface area (Å²) in [4.78, 5) is 24.6. The van der Waals surface area contributed by atoms with Gasteiger partial charge in [-0.25, -0.2) is 4.98 Å². The summed E-state index contributed by atoms with van der Waals surface area (Å²) in [5, 5.41) is 13.0. The van der Waals surface area contributed by atoms with E-state index in [1.54, 1.807) is 12.4 Å². The second kappa shape index (κ2) is 13.8. The van der Waals surface area contributed by atoms with E-state index < -0.39 is 0 Å². The highest BCUT2D eigenvalue weighted by molar-refractivity contribution is 7.98. The van der Waals surface area contributed by atoms with Crippen LogP contribution in [0.1, 0.15) is 26.6 Å². The molecular formula is C33H27ClN6OS2.